The van der Waals surface area contributed by atoms with Crippen LogP contribution in [0.15, 0.2) is 231 Å². The van der Waals surface area contributed by atoms with E-state index < -0.39 is 0 Å². The van der Waals surface area contributed by atoms with Crippen molar-refractivity contribution < 1.29 is 0 Å². The molecule has 0 aliphatic carbocycles. The summed E-state index contributed by atoms with van der Waals surface area (Å²) in [5, 5.41) is 4.88. The Bertz CT molecular complexity index is 4300. The van der Waals surface area contributed by atoms with Gasteiger partial charge in [0.05, 0.1) is 0 Å². The second kappa shape index (κ2) is 20.7. The number of hydrogen-bond acceptors (Lipinski definition) is 5. The second-order valence-corrected chi connectivity index (χ2v) is 28.2. The molecule has 0 saturated heterocycles. The average Bonchev–Trinajstić information content (AvgIpc) is 0.696. The molecule has 11 aromatic carbocycles. The van der Waals surface area contributed by atoms with Crippen molar-refractivity contribution in [1.29, 1.82) is 0 Å². The highest BCUT2D eigenvalue weighted by Crippen LogP contribution is 2.49. The van der Waals surface area contributed by atoms with Crippen LogP contribution in [0.25, 0.3) is 78.0 Å². The third-order valence-corrected chi connectivity index (χ3v) is 18.1. The van der Waals surface area contributed by atoms with Crippen LogP contribution >= 0.6 is 0 Å². The van der Waals surface area contributed by atoms with Crippen LogP contribution in [0.2, 0.25) is 0 Å². The number of aromatic nitrogens is 3. The highest BCUT2D eigenvalue weighted by Gasteiger charge is 2.45. The molecule has 0 bridgehead atoms. The number of fused-ring (bicyclic) bond motifs is 8. The first-order chi connectivity index (χ1) is 41.6. The standard InChI is InChI=1S/C81H74BN5/c1-78(2,3)60-43-57(44-61(49-60)79(4,5)6)75-83-76(58-45-62(80(7,8)9)50-63(46-58)81(10,11)12)85-77(84-75)59-47-70-74-71(48-59)87(65-39-33-54(34-40-65)52-25-17-14-18-26-52)69-42-36-56-28-20-22-30-67(56)73(69)82(74)72-66-29-21-19-27-55(66)35-41-68(72)86(70)64-37-31-53(32-38-64)51-23-15-13-16-24-51/h13-50H,1-12H3. The Morgan fingerprint density at radius 3 is 0.920 bits per heavy atom. The molecule has 14 rings (SSSR count). The van der Waals surface area contributed by atoms with Crippen LogP contribution in [0.3, 0.4) is 0 Å². The van der Waals surface area contributed by atoms with Crippen LogP contribution < -0.4 is 26.2 Å². The molecule has 2 aliphatic heterocycles. The molecule has 0 spiro atoms. The maximum Gasteiger partial charge on any atom is 0.253 e. The number of anilines is 6. The Kier molecular flexibility index (Phi) is 13.2. The third-order valence-electron chi connectivity index (χ3n) is 18.1. The molecular formula is C81H74BN5. The van der Waals surface area contributed by atoms with Gasteiger partial charge in [0.1, 0.15) is 0 Å². The highest BCUT2D eigenvalue weighted by atomic mass is 15.2. The normalized spacial score (nSPS) is 13.2. The minimum Gasteiger partial charge on any atom is -0.311 e. The van der Waals surface area contributed by atoms with E-state index in [1.165, 1.54) is 71.3 Å². The first-order valence-electron chi connectivity index (χ1n) is 30.9. The molecule has 87 heavy (non-hydrogen) atoms. The zero-order valence-corrected chi connectivity index (χ0v) is 52.3. The van der Waals surface area contributed by atoms with Crippen LogP contribution in [0.5, 0.6) is 0 Å². The van der Waals surface area contributed by atoms with E-state index in [1.54, 1.807) is 0 Å². The first-order valence-corrected chi connectivity index (χ1v) is 30.9. The lowest BCUT2D eigenvalue weighted by molar-refractivity contribution is 0.568. The predicted octanol–water partition coefficient (Wildman–Crippen LogP) is 19.8. The van der Waals surface area contributed by atoms with Gasteiger partial charge in [-0.05, 0) is 177 Å². The summed E-state index contributed by atoms with van der Waals surface area (Å²) in [7, 11) is 0. The Labute approximate surface area is 514 Å². The third kappa shape index (κ3) is 9.99. The molecule has 1 aromatic heterocycles. The molecule has 3 heterocycles. The van der Waals surface area contributed by atoms with Crippen LogP contribution in [-0.2, 0) is 21.7 Å². The van der Waals surface area contributed by atoms with Gasteiger partial charge in [-0.15, -0.1) is 0 Å². The van der Waals surface area contributed by atoms with E-state index in [9.17, 15) is 0 Å². The predicted molar refractivity (Wildman–Crippen MR) is 371 cm³/mol. The molecular weight excluding hydrogens is 1050 g/mol. The quantitative estimate of drug-likeness (QED) is 0.149. The number of rotatable bonds is 7. The van der Waals surface area contributed by atoms with Gasteiger partial charge in [0.15, 0.2) is 17.5 Å². The molecule has 0 fully saturated rings. The van der Waals surface area contributed by atoms with Crippen LogP contribution in [0, 0.1) is 0 Å². The Balaban J connectivity index is 1.11. The van der Waals surface area contributed by atoms with E-state index in [1.807, 2.05) is 0 Å². The van der Waals surface area contributed by atoms with Crippen molar-refractivity contribution in [2.24, 2.45) is 0 Å². The van der Waals surface area contributed by atoms with Crippen molar-refractivity contribution in [3.63, 3.8) is 0 Å². The van der Waals surface area contributed by atoms with Crippen molar-refractivity contribution in [2.75, 3.05) is 9.80 Å². The van der Waals surface area contributed by atoms with Crippen LogP contribution in [-0.4, -0.2) is 21.7 Å². The fourth-order valence-electron chi connectivity index (χ4n) is 13.1. The smallest absolute Gasteiger partial charge is 0.253 e. The second-order valence-electron chi connectivity index (χ2n) is 28.2. The van der Waals surface area contributed by atoms with Crippen molar-refractivity contribution in [3.8, 4) is 56.4 Å². The summed E-state index contributed by atoms with van der Waals surface area (Å²) in [5.41, 5.74) is 22.3. The maximum absolute atomic E-state index is 5.75. The number of nitrogens with zero attached hydrogens (tertiary/aromatic N) is 5. The number of benzene rings is 11. The minimum absolute atomic E-state index is 0.135. The molecule has 426 valence electrons. The van der Waals surface area contributed by atoms with Gasteiger partial charge < -0.3 is 9.80 Å². The summed E-state index contributed by atoms with van der Waals surface area (Å²) in [4.78, 5) is 22.2. The summed E-state index contributed by atoms with van der Waals surface area (Å²) in [6.45, 7) is 27.4. The van der Waals surface area contributed by atoms with E-state index in [0.717, 1.165) is 61.9 Å². The zero-order valence-electron chi connectivity index (χ0n) is 52.3. The van der Waals surface area contributed by atoms with E-state index in [-0.39, 0.29) is 28.4 Å². The topological polar surface area (TPSA) is 45.2 Å². The van der Waals surface area contributed by atoms with Gasteiger partial charge >= 0.3 is 0 Å². The maximum atomic E-state index is 5.75. The van der Waals surface area contributed by atoms with E-state index in [0.29, 0.717) is 17.5 Å². The van der Waals surface area contributed by atoms with Gasteiger partial charge in [-0.3, -0.25) is 0 Å². The van der Waals surface area contributed by atoms with Crippen molar-refractivity contribution in [2.45, 2.75) is 105 Å². The highest BCUT2D eigenvalue weighted by molar-refractivity contribution is 7.03. The lowest BCUT2D eigenvalue weighted by atomic mass is 9.32. The molecule has 5 nitrogen and oxygen atoms in total. The van der Waals surface area contributed by atoms with Crippen molar-refractivity contribution in [1.82, 2.24) is 15.0 Å². The first kappa shape index (κ1) is 55.5. The Morgan fingerprint density at radius 2 is 0.575 bits per heavy atom. The lowest BCUT2D eigenvalue weighted by Gasteiger charge is -2.45. The van der Waals surface area contributed by atoms with E-state index in [4.69, 9.17) is 15.0 Å². The summed E-state index contributed by atoms with van der Waals surface area (Å²) in [6, 6.07) is 85.7. The fourth-order valence-corrected chi connectivity index (χ4v) is 13.1. The average molecular weight is 1130 g/mol. The molecule has 0 N–H and O–H groups in total. The Morgan fingerprint density at radius 1 is 0.264 bits per heavy atom. The lowest BCUT2D eigenvalue weighted by Crippen LogP contribution is -2.61. The molecule has 0 unspecified atom stereocenters. The Hall–Kier alpha value is -9.39. The summed E-state index contributed by atoms with van der Waals surface area (Å²) in [5.74, 6) is 1.89. The van der Waals surface area contributed by atoms with Crippen LogP contribution in [0.4, 0.5) is 34.1 Å². The SMILES string of the molecule is CC(C)(C)c1cc(-c2nc(-c3cc(C(C)(C)C)cc(C(C)(C)C)c3)nc(-c3cc4c5c(c3)N(c3ccc(-c6ccccc6)cc3)c3ccc6ccccc6c3B5c3c(ccc5ccccc35)N4c3ccc(-c4ccccc4)cc3)n2)cc(C(C)(C)C)c1. The molecule has 0 radical (unpaired) electrons. The van der Waals surface area contributed by atoms with Gasteiger partial charge in [-0.25, -0.2) is 15.0 Å². The summed E-state index contributed by atoms with van der Waals surface area (Å²) < 4.78 is 0. The number of hydrogen-bond donors (Lipinski definition) is 0. The fraction of sp³-hybridized carbons (Fsp3) is 0.198. The van der Waals surface area contributed by atoms with E-state index in [2.05, 4.69) is 323 Å². The van der Waals surface area contributed by atoms with Gasteiger partial charge in [0.25, 0.3) is 6.71 Å². The largest absolute Gasteiger partial charge is 0.311 e. The monoisotopic (exact) mass is 1130 g/mol. The molecule has 0 atom stereocenters. The van der Waals surface area contributed by atoms with Gasteiger partial charge in [-0.1, -0.05) is 241 Å². The zero-order chi connectivity index (χ0) is 60.3. The molecule has 6 heteroatoms. The van der Waals surface area contributed by atoms with Crippen molar-refractivity contribution >= 4 is 78.8 Å². The molecule has 12 aromatic rings. The summed E-state index contributed by atoms with van der Waals surface area (Å²) in [6.07, 6.45) is 0. The van der Waals surface area contributed by atoms with Gasteiger partial charge in [0.2, 0.25) is 0 Å². The molecule has 0 amide bonds. The van der Waals surface area contributed by atoms with Gasteiger partial charge in [0, 0.05) is 50.8 Å². The van der Waals surface area contributed by atoms with E-state index >= 15 is 0 Å². The molecule has 0 saturated carbocycles. The summed E-state index contributed by atoms with van der Waals surface area (Å²) >= 11 is 0. The molecule has 2 aliphatic rings. The van der Waals surface area contributed by atoms with Gasteiger partial charge in [-0.2, -0.15) is 0 Å². The van der Waals surface area contributed by atoms with Crippen molar-refractivity contribution in [3.05, 3.63) is 253 Å². The minimum atomic E-state index is -0.165. The van der Waals surface area contributed by atoms with Crippen LogP contribution in [0.1, 0.15) is 105 Å².